The third-order valence-corrected chi connectivity index (χ3v) is 5.22. The zero-order valence-electron chi connectivity index (χ0n) is 16.3. The van der Waals surface area contributed by atoms with Crippen molar-refractivity contribution in [3.05, 3.63) is 18.2 Å². The van der Waals surface area contributed by atoms with Crippen LogP contribution < -0.4 is 14.8 Å². The van der Waals surface area contributed by atoms with E-state index in [9.17, 15) is 13.2 Å². The Morgan fingerprint density at radius 1 is 1.23 bits per heavy atom. The molecule has 0 bridgehead atoms. The van der Waals surface area contributed by atoms with Crippen LogP contribution in [0, 0.1) is 0 Å². The Morgan fingerprint density at radius 3 is 2.35 bits per heavy atom. The first-order valence-corrected chi connectivity index (χ1v) is 9.52. The molecule has 26 heavy (non-hydrogen) atoms. The molecule has 1 aromatic rings. The lowest BCUT2D eigenvalue weighted by Crippen LogP contribution is -2.44. The summed E-state index contributed by atoms with van der Waals surface area (Å²) < 4.78 is 42.2. The molecule has 0 unspecified atom stereocenters. The standard InChI is InChI=1S/C17H28N2O6S/c1-12(18-16(20)25-17(2,3)4)11-19(5)26(21,22)15-9-8-13(23-6)10-14(15)24-7/h8-10,12H,11H2,1-7H3,(H,18,20)/t12-/m1/s1. The Morgan fingerprint density at radius 2 is 1.85 bits per heavy atom. The first-order valence-electron chi connectivity index (χ1n) is 8.08. The fraction of sp³-hybridized carbons (Fsp3) is 0.588. The second-order valence-electron chi connectivity index (χ2n) is 6.85. The van der Waals surface area contributed by atoms with Crippen molar-refractivity contribution in [2.45, 2.75) is 44.2 Å². The van der Waals surface area contributed by atoms with Crippen LogP contribution in [0.1, 0.15) is 27.7 Å². The summed E-state index contributed by atoms with van der Waals surface area (Å²) in [5.41, 5.74) is -0.627. The topological polar surface area (TPSA) is 94.2 Å². The van der Waals surface area contributed by atoms with Gasteiger partial charge in [0.25, 0.3) is 0 Å². The van der Waals surface area contributed by atoms with E-state index in [0.29, 0.717) is 5.75 Å². The van der Waals surface area contributed by atoms with E-state index >= 15 is 0 Å². The van der Waals surface area contributed by atoms with E-state index in [2.05, 4.69) is 5.32 Å². The minimum atomic E-state index is -3.81. The van der Waals surface area contributed by atoms with E-state index in [1.165, 1.54) is 33.4 Å². The molecule has 9 heteroatoms. The lowest BCUT2D eigenvalue weighted by Gasteiger charge is -2.25. The molecular formula is C17H28N2O6S. The lowest BCUT2D eigenvalue weighted by atomic mass is 10.2. The van der Waals surface area contributed by atoms with Crippen LogP contribution in [0.3, 0.4) is 0 Å². The van der Waals surface area contributed by atoms with Gasteiger partial charge < -0.3 is 19.5 Å². The molecular weight excluding hydrogens is 360 g/mol. The molecule has 1 N–H and O–H groups in total. The monoisotopic (exact) mass is 388 g/mol. The molecule has 0 aliphatic carbocycles. The Balaban J connectivity index is 2.88. The van der Waals surface area contributed by atoms with Gasteiger partial charge in [-0.05, 0) is 39.8 Å². The number of carbonyl (C=O) groups is 1. The van der Waals surface area contributed by atoms with Gasteiger partial charge in [0.1, 0.15) is 22.0 Å². The summed E-state index contributed by atoms with van der Waals surface area (Å²) in [4.78, 5) is 11.8. The fourth-order valence-corrected chi connectivity index (χ4v) is 3.59. The van der Waals surface area contributed by atoms with Crippen LogP contribution >= 0.6 is 0 Å². The van der Waals surface area contributed by atoms with Crippen molar-refractivity contribution >= 4 is 16.1 Å². The minimum absolute atomic E-state index is 0.0211. The maximum absolute atomic E-state index is 12.8. The lowest BCUT2D eigenvalue weighted by molar-refractivity contribution is 0.0504. The zero-order chi connectivity index (χ0) is 20.1. The second-order valence-corrected chi connectivity index (χ2v) is 8.86. The number of rotatable bonds is 7. The molecule has 1 atom stereocenters. The normalized spacial score (nSPS) is 13.2. The number of sulfonamides is 1. The largest absolute Gasteiger partial charge is 0.497 e. The minimum Gasteiger partial charge on any atom is -0.497 e. The Kier molecular flexibility index (Phi) is 7.28. The highest BCUT2D eigenvalue weighted by Gasteiger charge is 2.27. The van der Waals surface area contributed by atoms with Gasteiger partial charge >= 0.3 is 6.09 Å². The number of methoxy groups -OCH3 is 2. The number of ether oxygens (including phenoxy) is 3. The summed E-state index contributed by atoms with van der Waals surface area (Å²) in [6.07, 6.45) is -0.599. The molecule has 0 aromatic heterocycles. The summed E-state index contributed by atoms with van der Waals surface area (Å²) in [6, 6.07) is 4.03. The third-order valence-electron chi connectivity index (χ3n) is 3.35. The molecule has 148 valence electrons. The van der Waals surface area contributed by atoms with E-state index in [1.807, 2.05) is 0 Å². The van der Waals surface area contributed by atoms with E-state index < -0.39 is 27.8 Å². The average molecular weight is 388 g/mol. The first kappa shape index (κ1) is 22.0. The number of alkyl carbamates (subject to hydrolysis) is 1. The maximum Gasteiger partial charge on any atom is 0.407 e. The Hall–Kier alpha value is -2.00. The molecule has 0 aliphatic rings. The maximum atomic E-state index is 12.8. The van der Waals surface area contributed by atoms with Gasteiger partial charge in [-0.1, -0.05) is 0 Å². The number of hydrogen-bond donors (Lipinski definition) is 1. The van der Waals surface area contributed by atoms with E-state index in [1.54, 1.807) is 33.8 Å². The number of benzene rings is 1. The van der Waals surface area contributed by atoms with E-state index in [4.69, 9.17) is 14.2 Å². The summed E-state index contributed by atoms with van der Waals surface area (Å²) in [6.45, 7) is 7.02. The number of nitrogens with zero attached hydrogens (tertiary/aromatic N) is 1. The second kappa shape index (κ2) is 8.59. The van der Waals surface area contributed by atoms with Crippen LogP contribution in [0.4, 0.5) is 4.79 Å². The predicted octanol–water partition coefficient (Wildman–Crippen LogP) is 2.24. The molecule has 1 rings (SSSR count). The SMILES string of the molecule is COc1ccc(S(=O)(=O)N(C)C[C@@H](C)NC(=O)OC(C)(C)C)c(OC)c1. The van der Waals surface area contributed by atoms with Crippen molar-refractivity contribution in [1.29, 1.82) is 0 Å². The van der Waals surface area contributed by atoms with E-state index in [0.717, 1.165) is 4.31 Å². The Bertz CT molecular complexity index is 727. The summed E-state index contributed by atoms with van der Waals surface area (Å²) in [7, 11) is 0.499. The van der Waals surface area contributed by atoms with Crippen LogP contribution in [-0.2, 0) is 14.8 Å². The van der Waals surface area contributed by atoms with Gasteiger partial charge in [-0.2, -0.15) is 4.31 Å². The quantitative estimate of drug-likeness (QED) is 0.770. The van der Waals surface area contributed by atoms with Gasteiger partial charge in [0, 0.05) is 25.7 Å². The van der Waals surface area contributed by atoms with Crippen molar-refractivity contribution in [2.24, 2.45) is 0 Å². The highest BCUT2D eigenvalue weighted by Crippen LogP contribution is 2.30. The van der Waals surface area contributed by atoms with Crippen LogP contribution in [0.15, 0.2) is 23.1 Å². The van der Waals surface area contributed by atoms with Crippen molar-refractivity contribution < 1.29 is 27.4 Å². The molecule has 0 saturated heterocycles. The summed E-state index contributed by atoms with van der Waals surface area (Å²) in [5.74, 6) is 0.673. The Labute approximate surface area is 155 Å². The van der Waals surface area contributed by atoms with Crippen LogP contribution in [0.5, 0.6) is 11.5 Å². The average Bonchev–Trinajstić information content (AvgIpc) is 2.51. The molecule has 0 spiro atoms. The van der Waals surface area contributed by atoms with E-state index in [-0.39, 0.29) is 17.2 Å². The molecule has 0 aliphatic heterocycles. The van der Waals surface area contributed by atoms with Gasteiger partial charge in [-0.15, -0.1) is 0 Å². The highest BCUT2D eigenvalue weighted by molar-refractivity contribution is 7.89. The van der Waals surface area contributed by atoms with Gasteiger partial charge in [0.15, 0.2) is 0 Å². The third kappa shape index (κ3) is 6.06. The number of carbonyl (C=O) groups excluding carboxylic acids is 1. The van der Waals surface area contributed by atoms with Gasteiger partial charge in [0.05, 0.1) is 14.2 Å². The van der Waals surface area contributed by atoms with Crippen molar-refractivity contribution in [3.8, 4) is 11.5 Å². The molecule has 8 nitrogen and oxygen atoms in total. The van der Waals surface area contributed by atoms with Crippen LogP contribution in [-0.4, -0.2) is 58.3 Å². The molecule has 1 aromatic carbocycles. The smallest absolute Gasteiger partial charge is 0.407 e. The van der Waals surface area contributed by atoms with Gasteiger partial charge in [0.2, 0.25) is 10.0 Å². The van der Waals surface area contributed by atoms with Gasteiger partial charge in [-0.3, -0.25) is 0 Å². The van der Waals surface area contributed by atoms with Gasteiger partial charge in [-0.25, -0.2) is 13.2 Å². The number of nitrogens with one attached hydrogen (secondary N) is 1. The predicted molar refractivity (Wildman–Crippen MR) is 98.2 cm³/mol. The fourth-order valence-electron chi connectivity index (χ4n) is 2.19. The molecule has 0 radical (unpaired) electrons. The summed E-state index contributed by atoms with van der Waals surface area (Å²) in [5, 5.41) is 2.62. The van der Waals surface area contributed by atoms with Crippen molar-refractivity contribution in [2.75, 3.05) is 27.8 Å². The summed E-state index contributed by atoms with van der Waals surface area (Å²) >= 11 is 0. The van der Waals surface area contributed by atoms with Crippen LogP contribution in [0.2, 0.25) is 0 Å². The van der Waals surface area contributed by atoms with Crippen molar-refractivity contribution in [1.82, 2.24) is 9.62 Å². The number of amides is 1. The molecule has 0 heterocycles. The van der Waals surface area contributed by atoms with Crippen LogP contribution in [0.25, 0.3) is 0 Å². The molecule has 0 fully saturated rings. The number of likely N-dealkylation sites (N-methyl/N-ethyl adjacent to an activating group) is 1. The van der Waals surface area contributed by atoms with Crippen molar-refractivity contribution in [3.63, 3.8) is 0 Å². The molecule has 1 amide bonds. The number of hydrogen-bond acceptors (Lipinski definition) is 6. The zero-order valence-corrected chi connectivity index (χ0v) is 17.1. The highest BCUT2D eigenvalue weighted by atomic mass is 32.2. The molecule has 0 saturated carbocycles. The first-order chi connectivity index (χ1) is 11.9.